The van der Waals surface area contributed by atoms with Gasteiger partial charge in [0.05, 0.1) is 6.26 Å². The molecule has 0 bridgehead atoms. The van der Waals surface area contributed by atoms with E-state index in [-0.39, 0.29) is 0 Å². The molecule has 0 saturated carbocycles. The molecule has 16 heavy (non-hydrogen) atoms. The summed E-state index contributed by atoms with van der Waals surface area (Å²) in [5.74, 6) is 0. The van der Waals surface area contributed by atoms with Crippen LogP contribution in [0.3, 0.4) is 0 Å². The highest BCUT2D eigenvalue weighted by Crippen LogP contribution is 2.03. The van der Waals surface area contributed by atoms with Crippen molar-refractivity contribution in [2.75, 3.05) is 12.8 Å². The molecule has 3 N–H and O–H groups in total. The van der Waals surface area contributed by atoms with Crippen molar-refractivity contribution in [1.82, 2.24) is 4.90 Å². The van der Waals surface area contributed by atoms with Gasteiger partial charge in [0.25, 0.3) is 10.1 Å². The van der Waals surface area contributed by atoms with E-state index in [0.717, 1.165) is 19.4 Å². The second-order valence-electron chi connectivity index (χ2n) is 3.59. The van der Waals surface area contributed by atoms with E-state index in [4.69, 9.17) is 4.55 Å². The molecule has 2 atom stereocenters. The fraction of sp³-hybridized carbons (Fsp3) is 1.00. The van der Waals surface area contributed by atoms with Gasteiger partial charge in [-0.05, 0) is 20.3 Å². The standard InChI is InChI=1S/C8H19NO2.CH4O3S/c1-4-5-6-9(7(2)10)8(3)11;1-5(2,3)4/h7-8,10-11H,4-6H2,1-3H3;1H3,(H,2,3,4). The Morgan fingerprint density at radius 3 is 1.69 bits per heavy atom. The molecule has 2 unspecified atom stereocenters. The van der Waals surface area contributed by atoms with Crippen LogP contribution in [0.2, 0.25) is 0 Å². The summed E-state index contributed by atoms with van der Waals surface area (Å²) in [6, 6.07) is 0. The summed E-state index contributed by atoms with van der Waals surface area (Å²) in [6.45, 7) is 6.18. The van der Waals surface area contributed by atoms with E-state index < -0.39 is 22.6 Å². The van der Waals surface area contributed by atoms with Crippen LogP contribution in [0.15, 0.2) is 0 Å². The highest BCUT2D eigenvalue weighted by atomic mass is 32.2. The van der Waals surface area contributed by atoms with Crippen LogP contribution in [0.1, 0.15) is 33.6 Å². The second kappa shape index (κ2) is 8.89. The van der Waals surface area contributed by atoms with E-state index in [0.29, 0.717) is 6.26 Å². The van der Waals surface area contributed by atoms with Crippen molar-refractivity contribution < 1.29 is 23.2 Å². The molecular formula is C9H23NO5S. The molecule has 0 aromatic heterocycles. The Labute approximate surface area is 97.6 Å². The van der Waals surface area contributed by atoms with Gasteiger partial charge < -0.3 is 10.2 Å². The van der Waals surface area contributed by atoms with E-state index in [1.165, 1.54) is 0 Å². The summed E-state index contributed by atoms with van der Waals surface area (Å²) in [7, 11) is -3.67. The van der Waals surface area contributed by atoms with E-state index in [1.807, 2.05) is 0 Å². The van der Waals surface area contributed by atoms with Crippen LogP contribution >= 0.6 is 0 Å². The number of hydrogen-bond acceptors (Lipinski definition) is 5. The molecule has 0 fully saturated rings. The predicted octanol–water partition coefficient (Wildman–Crippen LogP) is 0.269. The zero-order valence-corrected chi connectivity index (χ0v) is 11.1. The third-order valence-corrected chi connectivity index (χ3v) is 1.73. The zero-order valence-electron chi connectivity index (χ0n) is 10.3. The lowest BCUT2D eigenvalue weighted by Gasteiger charge is -2.27. The van der Waals surface area contributed by atoms with Crippen molar-refractivity contribution in [3.63, 3.8) is 0 Å². The monoisotopic (exact) mass is 257 g/mol. The number of aliphatic hydroxyl groups excluding tert-OH is 2. The third kappa shape index (κ3) is 16.2. The Kier molecular flexibility index (Phi) is 10.1. The van der Waals surface area contributed by atoms with Gasteiger partial charge in [0.2, 0.25) is 0 Å². The quantitative estimate of drug-likeness (QED) is 0.483. The largest absolute Gasteiger partial charge is 0.379 e. The van der Waals surface area contributed by atoms with Crippen LogP contribution in [0.5, 0.6) is 0 Å². The Morgan fingerprint density at radius 1 is 1.19 bits per heavy atom. The summed E-state index contributed by atoms with van der Waals surface area (Å²) in [4.78, 5) is 1.66. The maximum absolute atomic E-state index is 9.19. The molecule has 0 spiro atoms. The minimum Gasteiger partial charge on any atom is -0.379 e. The highest BCUT2D eigenvalue weighted by Gasteiger charge is 2.14. The molecule has 0 aliphatic carbocycles. The first-order valence-corrected chi connectivity index (χ1v) is 6.98. The molecule has 0 aromatic carbocycles. The van der Waals surface area contributed by atoms with Crippen LogP contribution in [0, 0.1) is 0 Å². The summed E-state index contributed by atoms with van der Waals surface area (Å²) in [5, 5.41) is 18.4. The van der Waals surface area contributed by atoms with Gasteiger partial charge in [-0.3, -0.25) is 9.45 Å². The third-order valence-electron chi connectivity index (χ3n) is 1.73. The minimum absolute atomic E-state index is 0.554. The summed E-state index contributed by atoms with van der Waals surface area (Å²) in [6.07, 6.45) is 1.70. The van der Waals surface area contributed by atoms with Gasteiger partial charge in [-0.2, -0.15) is 8.42 Å². The van der Waals surface area contributed by atoms with Crippen LogP contribution in [0.25, 0.3) is 0 Å². The fourth-order valence-electron chi connectivity index (χ4n) is 1.03. The second-order valence-corrected chi connectivity index (χ2v) is 5.05. The maximum Gasteiger partial charge on any atom is 0.261 e. The fourth-order valence-corrected chi connectivity index (χ4v) is 1.03. The van der Waals surface area contributed by atoms with Crippen LogP contribution in [-0.4, -0.2) is 53.3 Å². The predicted molar refractivity (Wildman–Crippen MR) is 62.4 cm³/mol. The van der Waals surface area contributed by atoms with Gasteiger partial charge >= 0.3 is 0 Å². The molecule has 0 amide bonds. The van der Waals surface area contributed by atoms with Gasteiger partial charge in [-0.25, -0.2) is 0 Å². The van der Waals surface area contributed by atoms with Gasteiger partial charge in [-0.1, -0.05) is 13.3 Å². The molecule has 0 saturated heterocycles. The van der Waals surface area contributed by atoms with Crippen molar-refractivity contribution >= 4 is 10.1 Å². The molecule has 0 radical (unpaired) electrons. The summed E-state index contributed by atoms with van der Waals surface area (Å²) >= 11 is 0. The SMILES string of the molecule is CCCCN(C(C)O)C(C)O.CS(=O)(=O)O. The first-order chi connectivity index (χ1) is 7.09. The molecule has 0 aromatic rings. The minimum atomic E-state index is -3.67. The lowest BCUT2D eigenvalue weighted by Crippen LogP contribution is -2.40. The number of rotatable bonds is 5. The van der Waals surface area contributed by atoms with E-state index in [2.05, 4.69) is 6.92 Å². The summed E-state index contributed by atoms with van der Waals surface area (Å²) < 4.78 is 25.9. The van der Waals surface area contributed by atoms with Gasteiger partial charge in [0, 0.05) is 6.54 Å². The van der Waals surface area contributed by atoms with Crippen molar-refractivity contribution in [1.29, 1.82) is 0 Å². The Hall–Kier alpha value is -0.210. The topological polar surface area (TPSA) is 98.1 Å². The molecule has 0 rings (SSSR count). The van der Waals surface area contributed by atoms with Crippen LogP contribution < -0.4 is 0 Å². The highest BCUT2D eigenvalue weighted by molar-refractivity contribution is 7.85. The van der Waals surface area contributed by atoms with Crippen molar-refractivity contribution in [2.24, 2.45) is 0 Å². The van der Waals surface area contributed by atoms with Crippen LogP contribution in [-0.2, 0) is 10.1 Å². The average Bonchev–Trinajstić information content (AvgIpc) is 2.00. The summed E-state index contributed by atoms with van der Waals surface area (Å²) in [5.41, 5.74) is 0. The van der Waals surface area contributed by atoms with Gasteiger partial charge in [-0.15, -0.1) is 0 Å². The maximum atomic E-state index is 9.19. The number of aliphatic hydroxyl groups is 2. The Bertz CT molecular complexity index is 235. The first kappa shape index (κ1) is 18.2. The van der Waals surface area contributed by atoms with Gasteiger partial charge in [0.15, 0.2) is 0 Å². The number of nitrogens with zero attached hydrogens (tertiary/aromatic N) is 1. The first-order valence-electron chi connectivity index (χ1n) is 5.13. The van der Waals surface area contributed by atoms with E-state index in [1.54, 1.807) is 18.7 Å². The Morgan fingerprint density at radius 2 is 1.50 bits per heavy atom. The van der Waals surface area contributed by atoms with Crippen molar-refractivity contribution in [3.8, 4) is 0 Å². The number of unbranched alkanes of at least 4 members (excludes halogenated alkanes) is 1. The molecule has 0 aliphatic heterocycles. The molecule has 7 heteroatoms. The van der Waals surface area contributed by atoms with Gasteiger partial charge in [0.1, 0.15) is 12.5 Å². The van der Waals surface area contributed by atoms with E-state index >= 15 is 0 Å². The van der Waals surface area contributed by atoms with Crippen molar-refractivity contribution in [2.45, 2.75) is 46.1 Å². The zero-order chi connectivity index (χ0) is 13.4. The van der Waals surface area contributed by atoms with Crippen LogP contribution in [0.4, 0.5) is 0 Å². The number of hydrogen-bond donors (Lipinski definition) is 3. The average molecular weight is 257 g/mol. The normalized spacial score (nSPS) is 15.2. The van der Waals surface area contributed by atoms with E-state index in [9.17, 15) is 18.6 Å². The molecule has 0 heterocycles. The lowest BCUT2D eigenvalue weighted by molar-refractivity contribution is -0.0842. The molecule has 0 aliphatic rings. The lowest BCUT2D eigenvalue weighted by atomic mass is 10.3. The Balaban J connectivity index is 0. The molecule has 100 valence electrons. The molecular weight excluding hydrogens is 234 g/mol. The smallest absolute Gasteiger partial charge is 0.261 e. The van der Waals surface area contributed by atoms with Crippen molar-refractivity contribution in [3.05, 3.63) is 0 Å². The molecule has 6 nitrogen and oxygen atoms in total.